The van der Waals surface area contributed by atoms with Gasteiger partial charge in [0.1, 0.15) is 16.4 Å². The molecule has 2 aromatic heterocycles. The zero-order valence-corrected chi connectivity index (χ0v) is 20.5. The molecule has 0 bridgehead atoms. The number of hydrogen-bond donors (Lipinski definition) is 1. The number of para-hydroxylation sites is 1. The second-order valence-electron chi connectivity index (χ2n) is 8.11. The lowest BCUT2D eigenvalue weighted by atomic mass is 9.95. The summed E-state index contributed by atoms with van der Waals surface area (Å²) in [4.78, 5) is 25.0. The Balaban J connectivity index is 1.62. The Hall–Kier alpha value is -3.43. The number of anilines is 1. The fourth-order valence-corrected chi connectivity index (χ4v) is 5.79. The molecule has 0 aliphatic heterocycles. The number of benzene rings is 2. The lowest BCUT2D eigenvalue weighted by molar-refractivity contribution is 0.0475. The monoisotopic (exact) mass is 497 g/mol. The number of esters is 1. The van der Waals surface area contributed by atoms with Crippen molar-refractivity contribution in [3.8, 4) is 0 Å². The third-order valence-corrected chi connectivity index (χ3v) is 8.11. The molecule has 0 atom stereocenters. The molecule has 9 heteroatoms. The van der Waals surface area contributed by atoms with Gasteiger partial charge in [0.15, 0.2) is 0 Å². The van der Waals surface area contributed by atoms with Gasteiger partial charge in [-0.2, -0.15) is 0 Å². The standard InChI is InChI=1S/C25H23NO6S2/c1-15(2)19-13-20-17(12-23(27)32-22(20)11-16(19)3)14-31-25(28)18-7-4-5-8-21(18)26-34(29,30)24-9-6-10-33-24/h4-13,15,26H,14H2,1-3H3. The summed E-state index contributed by atoms with van der Waals surface area (Å²) in [5, 5.41) is 2.34. The van der Waals surface area contributed by atoms with E-state index in [9.17, 15) is 18.0 Å². The molecule has 0 saturated heterocycles. The molecule has 34 heavy (non-hydrogen) atoms. The molecule has 1 N–H and O–H groups in total. The van der Waals surface area contributed by atoms with Gasteiger partial charge in [0.2, 0.25) is 0 Å². The van der Waals surface area contributed by atoms with Crippen LogP contribution in [0.3, 0.4) is 0 Å². The van der Waals surface area contributed by atoms with Crippen molar-refractivity contribution in [1.29, 1.82) is 0 Å². The van der Waals surface area contributed by atoms with E-state index in [-0.39, 0.29) is 28.0 Å². The van der Waals surface area contributed by atoms with Crippen LogP contribution in [0, 0.1) is 6.92 Å². The normalized spacial score (nSPS) is 11.6. The Morgan fingerprint density at radius 2 is 1.88 bits per heavy atom. The highest BCUT2D eigenvalue weighted by molar-refractivity contribution is 7.94. The molecule has 0 radical (unpaired) electrons. The lowest BCUT2D eigenvalue weighted by Crippen LogP contribution is -2.16. The van der Waals surface area contributed by atoms with E-state index in [4.69, 9.17) is 9.15 Å². The summed E-state index contributed by atoms with van der Waals surface area (Å²) in [6, 6.07) is 14.4. The van der Waals surface area contributed by atoms with Gasteiger partial charge in [-0.3, -0.25) is 4.72 Å². The predicted molar refractivity (Wildman–Crippen MR) is 132 cm³/mol. The van der Waals surface area contributed by atoms with Crippen LogP contribution in [0.2, 0.25) is 0 Å². The van der Waals surface area contributed by atoms with Crippen molar-refractivity contribution >= 4 is 44.0 Å². The van der Waals surface area contributed by atoms with Crippen molar-refractivity contribution < 1.29 is 22.4 Å². The molecule has 4 aromatic rings. The highest BCUT2D eigenvalue weighted by atomic mass is 32.2. The molecule has 7 nitrogen and oxygen atoms in total. The van der Waals surface area contributed by atoms with E-state index in [2.05, 4.69) is 18.6 Å². The van der Waals surface area contributed by atoms with Crippen LogP contribution >= 0.6 is 11.3 Å². The zero-order valence-electron chi connectivity index (χ0n) is 18.8. The molecule has 2 aromatic carbocycles. The van der Waals surface area contributed by atoms with Crippen molar-refractivity contribution in [1.82, 2.24) is 0 Å². The lowest BCUT2D eigenvalue weighted by Gasteiger charge is -2.14. The molecule has 0 aliphatic rings. The van der Waals surface area contributed by atoms with Gasteiger partial charge in [-0.1, -0.05) is 32.0 Å². The second-order valence-corrected chi connectivity index (χ2v) is 11.0. The topological polar surface area (TPSA) is 103 Å². The number of sulfonamides is 1. The third kappa shape index (κ3) is 4.90. The van der Waals surface area contributed by atoms with Crippen molar-refractivity contribution in [3.63, 3.8) is 0 Å². The summed E-state index contributed by atoms with van der Waals surface area (Å²) in [6.07, 6.45) is 0. The molecule has 0 saturated carbocycles. The molecule has 4 rings (SSSR count). The molecule has 0 amide bonds. The van der Waals surface area contributed by atoms with Crippen LogP contribution in [0.5, 0.6) is 0 Å². The summed E-state index contributed by atoms with van der Waals surface area (Å²) in [7, 11) is -3.84. The van der Waals surface area contributed by atoms with Crippen molar-refractivity contribution in [3.05, 3.63) is 92.7 Å². The molecule has 0 aliphatic carbocycles. The zero-order chi connectivity index (χ0) is 24.5. The summed E-state index contributed by atoms with van der Waals surface area (Å²) in [5.41, 5.74) is 2.67. The van der Waals surface area contributed by atoms with Crippen molar-refractivity contribution in [2.24, 2.45) is 0 Å². The molecule has 2 heterocycles. The maximum Gasteiger partial charge on any atom is 0.340 e. The largest absolute Gasteiger partial charge is 0.457 e. The first-order valence-corrected chi connectivity index (χ1v) is 12.9. The van der Waals surface area contributed by atoms with E-state index in [1.807, 2.05) is 19.1 Å². The molecule has 0 unspecified atom stereocenters. The quantitative estimate of drug-likeness (QED) is 0.269. The third-order valence-electron chi connectivity index (χ3n) is 5.35. The number of aryl methyl sites for hydroxylation is 1. The molecule has 0 spiro atoms. The van der Waals surface area contributed by atoms with Crippen LogP contribution < -0.4 is 10.3 Å². The number of thiophene rings is 1. The maximum absolute atomic E-state index is 12.9. The van der Waals surface area contributed by atoms with Crippen molar-refractivity contribution in [2.45, 2.75) is 37.5 Å². The van der Waals surface area contributed by atoms with Crippen LogP contribution in [-0.2, 0) is 21.4 Å². The number of carbonyl (C=O) groups is 1. The van der Waals surface area contributed by atoms with E-state index < -0.39 is 21.6 Å². The van der Waals surface area contributed by atoms with E-state index in [1.54, 1.807) is 23.6 Å². The minimum absolute atomic E-state index is 0.0635. The molecule has 176 valence electrons. The first-order valence-electron chi connectivity index (χ1n) is 10.6. The molecular formula is C25H23NO6S2. The molecule has 0 fully saturated rings. The Morgan fingerprint density at radius 1 is 1.12 bits per heavy atom. The minimum atomic E-state index is -3.84. The fourth-order valence-electron chi connectivity index (χ4n) is 3.72. The first-order chi connectivity index (χ1) is 16.2. The number of fused-ring (bicyclic) bond motifs is 1. The van der Waals surface area contributed by atoms with Crippen molar-refractivity contribution in [2.75, 3.05) is 4.72 Å². The van der Waals surface area contributed by atoms with Gasteiger partial charge in [0.25, 0.3) is 10.0 Å². The Bertz CT molecular complexity index is 1520. The van der Waals surface area contributed by atoms with Crippen LogP contribution in [0.25, 0.3) is 11.0 Å². The SMILES string of the molecule is Cc1cc2oc(=O)cc(COC(=O)c3ccccc3NS(=O)(=O)c3cccs3)c2cc1C(C)C. The average Bonchev–Trinajstić information content (AvgIpc) is 3.32. The summed E-state index contributed by atoms with van der Waals surface area (Å²) in [5.74, 6) is -0.461. The van der Waals surface area contributed by atoms with Gasteiger partial charge < -0.3 is 9.15 Å². The smallest absolute Gasteiger partial charge is 0.340 e. The Labute approximate surface area is 201 Å². The second kappa shape index (κ2) is 9.44. The van der Waals surface area contributed by atoms with Crippen LogP contribution in [-0.4, -0.2) is 14.4 Å². The number of ether oxygens (including phenoxy) is 1. The number of hydrogen-bond acceptors (Lipinski definition) is 7. The molecular weight excluding hydrogens is 474 g/mol. The van der Waals surface area contributed by atoms with E-state index in [1.165, 1.54) is 24.3 Å². The van der Waals surface area contributed by atoms with Gasteiger partial charge in [-0.15, -0.1) is 11.3 Å². The highest BCUT2D eigenvalue weighted by Gasteiger charge is 2.21. The fraction of sp³-hybridized carbons (Fsp3) is 0.200. The number of nitrogens with one attached hydrogen (secondary N) is 1. The van der Waals surface area contributed by atoms with E-state index in [0.717, 1.165) is 22.5 Å². The summed E-state index contributed by atoms with van der Waals surface area (Å²) < 4.78 is 38.7. The van der Waals surface area contributed by atoms with E-state index >= 15 is 0 Å². The van der Waals surface area contributed by atoms with Gasteiger partial charge in [-0.25, -0.2) is 18.0 Å². The summed E-state index contributed by atoms with van der Waals surface area (Å²) in [6.45, 7) is 5.92. The number of carbonyl (C=O) groups excluding carboxylic acids is 1. The first kappa shape index (κ1) is 23.7. The van der Waals surface area contributed by atoms with Crippen LogP contribution in [0.4, 0.5) is 5.69 Å². The Kier molecular flexibility index (Phi) is 6.58. The highest BCUT2D eigenvalue weighted by Crippen LogP contribution is 2.28. The average molecular weight is 498 g/mol. The van der Waals surface area contributed by atoms with Gasteiger partial charge >= 0.3 is 11.6 Å². The predicted octanol–water partition coefficient (Wildman–Crippen LogP) is 5.44. The number of rotatable bonds is 7. The Morgan fingerprint density at radius 3 is 2.59 bits per heavy atom. The van der Waals surface area contributed by atoms with Gasteiger partial charge in [0, 0.05) is 17.0 Å². The maximum atomic E-state index is 12.9. The van der Waals surface area contributed by atoms with Crippen LogP contribution in [0.15, 0.2) is 73.4 Å². The summed E-state index contributed by atoms with van der Waals surface area (Å²) >= 11 is 1.07. The van der Waals surface area contributed by atoms with Gasteiger partial charge in [0.05, 0.1) is 11.3 Å². The van der Waals surface area contributed by atoms with E-state index in [0.29, 0.717) is 16.5 Å². The van der Waals surface area contributed by atoms with Crippen LogP contribution in [0.1, 0.15) is 46.8 Å². The minimum Gasteiger partial charge on any atom is -0.457 e. The van der Waals surface area contributed by atoms with Gasteiger partial charge in [-0.05, 0) is 59.7 Å².